The van der Waals surface area contributed by atoms with Crippen molar-refractivity contribution in [3.05, 3.63) is 67.0 Å². The first-order valence-electron chi connectivity index (χ1n) is 9.55. The van der Waals surface area contributed by atoms with E-state index in [9.17, 15) is 4.79 Å². The van der Waals surface area contributed by atoms with Gasteiger partial charge in [0.2, 0.25) is 0 Å². The number of urea groups is 1. The number of piperazine rings is 1. The molecule has 0 bridgehead atoms. The summed E-state index contributed by atoms with van der Waals surface area (Å²) in [7, 11) is 1.65. The van der Waals surface area contributed by atoms with Crippen molar-refractivity contribution in [3.63, 3.8) is 0 Å². The lowest BCUT2D eigenvalue weighted by atomic mass is 10.1. The number of anilines is 2. The molecule has 148 valence electrons. The van der Waals surface area contributed by atoms with E-state index in [0.29, 0.717) is 13.1 Å². The van der Waals surface area contributed by atoms with Crippen molar-refractivity contribution in [2.75, 3.05) is 43.5 Å². The van der Waals surface area contributed by atoms with Gasteiger partial charge in [0, 0.05) is 43.5 Å². The van der Waals surface area contributed by atoms with Crippen molar-refractivity contribution in [1.29, 1.82) is 0 Å². The number of hydrogen-bond acceptors (Lipinski definition) is 5. The Morgan fingerprint density at radius 1 is 0.966 bits per heavy atom. The molecule has 0 spiro atoms. The zero-order valence-corrected chi connectivity index (χ0v) is 16.3. The molecule has 4 rings (SSSR count). The number of carbonyl (C=O) groups is 1. The highest BCUT2D eigenvalue weighted by molar-refractivity contribution is 5.89. The number of carbonyl (C=O) groups excluding carboxylic acids is 1. The zero-order valence-electron chi connectivity index (χ0n) is 16.3. The topological polar surface area (TPSA) is 70.6 Å². The normalized spacial score (nSPS) is 13.8. The van der Waals surface area contributed by atoms with Gasteiger partial charge in [0.05, 0.1) is 12.8 Å². The molecular weight excluding hydrogens is 366 g/mol. The molecule has 1 aliphatic heterocycles. The molecular formula is C22H23N5O2. The Hall–Kier alpha value is -3.61. The Labute approximate surface area is 170 Å². The van der Waals surface area contributed by atoms with E-state index in [1.54, 1.807) is 13.4 Å². The molecule has 7 heteroatoms. The minimum Gasteiger partial charge on any atom is -0.497 e. The Morgan fingerprint density at radius 3 is 2.52 bits per heavy atom. The third-order valence-electron chi connectivity index (χ3n) is 4.93. The molecule has 0 atom stereocenters. The number of aromatic nitrogens is 2. The van der Waals surface area contributed by atoms with Crippen LogP contribution in [0, 0.1) is 0 Å². The van der Waals surface area contributed by atoms with Gasteiger partial charge in [0.1, 0.15) is 17.9 Å². The van der Waals surface area contributed by atoms with E-state index in [1.165, 1.54) is 0 Å². The fraction of sp³-hybridized carbons (Fsp3) is 0.227. The van der Waals surface area contributed by atoms with Gasteiger partial charge >= 0.3 is 6.03 Å². The fourth-order valence-electron chi connectivity index (χ4n) is 3.32. The van der Waals surface area contributed by atoms with Crippen molar-refractivity contribution in [2.24, 2.45) is 0 Å². The van der Waals surface area contributed by atoms with Crippen LogP contribution in [0.15, 0.2) is 67.0 Å². The number of hydrogen-bond donors (Lipinski definition) is 1. The molecule has 29 heavy (non-hydrogen) atoms. The molecule has 0 saturated carbocycles. The maximum Gasteiger partial charge on any atom is 0.321 e. The molecule has 3 aromatic rings. The van der Waals surface area contributed by atoms with Crippen molar-refractivity contribution < 1.29 is 9.53 Å². The first kappa shape index (κ1) is 18.7. The molecule has 1 aliphatic rings. The van der Waals surface area contributed by atoms with E-state index in [0.717, 1.165) is 41.6 Å². The number of methoxy groups -OCH3 is 1. The molecule has 2 heterocycles. The predicted octanol–water partition coefficient (Wildman–Crippen LogP) is 3.51. The largest absolute Gasteiger partial charge is 0.497 e. The zero-order chi connectivity index (χ0) is 20.1. The van der Waals surface area contributed by atoms with Gasteiger partial charge in [0.25, 0.3) is 0 Å². The summed E-state index contributed by atoms with van der Waals surface area (Å²) < 4.78 is 5.30. The van der Waals surface area contributed by atoms with Crippen molar-refractivity contribution in [3.8, 4) is 17.0 Å². The number of amides is 2. The standard InChI is InChI=1S/C22H23N5O2/c1-29-19-9-5-6-17(14-19)20-15-21(24-16-23-20)26-10-12-27(13-11-26)22(28)25-18-7-3-2-4-8-18/h2-9,14-16H,10-13H2,1H3,(H,25,28). The maximum atomic E-state index is 12.5. The third-order valence-corrected chi connectivity index (χ3v) is 4.93. The van der Waals surface area contributed by atoms with E-state index >= 15 is 0 Å². The third kappa shape index (κ3) is 4.45. The summed E-state index contributed by atoms with van der Waals surface area (Å²) in [4.78, 5) is 25.3. The molecule has 2 aromatic carbocycles. The number of benzene rings is 2. The van der Waals surface area contributed by atoms with Crippen LogP contribution in [0.4, 0.5) is 16.3 Å². The first-order valence-corrected chi connectivity index (χ1v) is 9.55. The second-order valence-corrected chi connectivity index (χ2v) is 6.76. The number of para-hydroxylation sites is 1. The highest BCUT2D eigenvalue weighted by Crippen LogP contribution is 2.25. The van der Waals surface area contributed by atoms with E-state index in [-0.39, 0.29) is 6.03 Å². The lowest BCUT2D eigenvalue weighted by molar-refractivity contribution is 0.208. The van der Waals surface area contributed by atoms with Gasteiger partial charge in [-0.15, -0.1) is 0 Å². The Kier molecular flexibility index (Phi) is 5.56. The lowest BCUT2D eigenvalue weighted by Gasteiger charge is -2.35. The van der Waals surface area contributed by atoms with Crippen LogP contribution in [0.2, 0.25) is 0 Å². The van der Waals surface area contributed by atoms with Crippen LogP contribution in [0.3, 0.4) is 0 Å². The summed E-state index contributed by atoms with van der Waals surface area (Å²) in [5.41, 5.74) is 2.63. The molecule has 0 unspecified atom stereocenters. The van der Waals surface area contributed by atoms with Crippen LogP contribution in [0.25, 0.3) is 11.3 Å². The van der Waals surface area contributed by atoms with Gasteiger partial charge < -0.3 is 19.9 Å². The van der Waals surface area contributed by atoms with E-state index in [1.807, 2.05) is 65.6 Å². The van der Waals surface area contributed by atoms with Gasteiger partial charge in [-0.2, -0.15) is 0 Å². The predicted molar refractivity (Wildman–Crippen MR) is 113 cm³/mol. The minimum atomic E-state index is -0.0735. The van der Waals surface area contributed by atoms with Gasteiger partial charge in [-0.3, -0.25) is 0 Å². The van der Waals surface area contributed by atoms with Gasteiger partial charge in [0.15, 0.2) is 0 Å². The number of rotatable bonds is 4. The average Bonchev–Trinajstić information content (AvgIpc) is 2.80. The van der Waals surface area contributed by atoms with Crippen LogP contribution >= 0.6 is 0 Å². The van der Waals surface area contributed by atoms with Crippen LogP contribution in [-0.4, -0.2) is 54.2 Å². The van der Waals surface area contributed by atoms with E-state index < -0.39 is 0 Å². The molecule has 1 aromatic heterocycles. The van der Waals surface area contributed by atoms with E-state index in [4.69, 9.17) is 4.74 Å². The second kappa shape index (κ2) is 8.60. The smallest absolute Gasteiger partial charge is 0.321 e. The molecule has 0 aliphatic carbocycles. The van der Waals surface area contributed by atoms with Gasteiger partial charge in [-0.1, -0.05) is 30.3 Å². The lowest BCUT2D eigenvalue weighted by Crippen LogP contribution is -2.50. The summed E-state index contributed by atoms with van der Waals surface area (Å²) in [6.45, 7) is 2.71. The Balaban J connectivity index is 1.40. The fourth-order valence-corrected chi connectivity index (χ4v) is 3.32. The number of ether oxygens (including phenoxy) is 1. The summed E-state index contributed by atoms with van der Waals surface area (Å²) in [5, 5.41) is 2.94. The minimum absolute atomic E-state index is 0.0735. The molecule has 2 amide bonds. The van der Waals surface area contributed by atoms with Crippen LogP contribution in [0.5, 0.6) is 5.75 Å². The molecule has 1 N–H and O–H groups in total. The van der Waals surface area contributed by atoms with Gasteiger partial charge in [-0.25, -0.2) is 14.8 Å². The first-order chi connectivity index (χ1) is 14.2. The van der Waals surface area contributed by atoms with Crippen LogP contribution < -0.4 is 15.0 Å². The quantitative estimate of drug-likeness (QED) is 0.739. The highest BCUT2D eigenvalue weighted by Gasteiger charge is 2.22. The molecule has 1 fully saturated rings. The highest BCUT2D eigenvalue weighted by atomic mass is 16.5. The summed E-state index contributed by atoms with van der Waals surface area (Å²) in [6, 6.07) is 19.2. The molecule has 7 nitrogen and oxygen atoms in total. The van der Waals surface area contributed by atoms with Gasteiger partial charge in [-0.05, 0) is 24.3 Å². The van der Waals surface area contributed by atoms with E-state index in [2.05, 4.69) is 20.2 Å². The van der Waals surface area contributed by atoms with Crippen LogP contribution in [0.1, 0.15) is 0 Å². The number of nitrogens with zero attached hydrogens (tertiary/aromatic N) is 4. The maximum absolute atomic E-state index is 12.5. The molecule has 1 saturated heterocycles. The Bertz CT molecular complexity index is 972. The average molecular weight is 389 g/mol. The van der Waals surface area contributed by atoms with Crippen molar-refractivity contribution >= 4 is 17.5 Å². The summed E-state index contributed by atoms with van der Waals surface area (Å²) >= 11 is 0. The van der Waals surface area contributed by atoms with Crippen LogP contribution in [-0.2, 0) is 0 Å². The van der Waals surface area contributed by atoms with Crippen molar-refractivity contribution in [2.45, 2.75) is 0 Å². The monoisotopic (exact) mass is 389 g/mol. The molecule has 0 radical (unpaired) electrons. The summed E-state index contributed by atoms with van der Waals surface area (Å²) in [5.74, 6) is 1.65. The Morgan fingerprint density at radius 2 is 1.76 bits per heavy atom. The van der Waals surface area contributed by atoms with Crippen molar-refractivity contribution in [1.82, 2.24) is 14.9 Å². The SMILES string of the molecule is COc1cccc(-c2cc(N3CCN(C(=O)Nc4ccccc4)CC3)ncn2)c1. The summed E-state index contributed by atoms with van der Waals surface area (Å²) in [6.07, 6.45) is 1.58. The number of nitrogens with one attached hydrogen (secondary N) is 1. The second-order valence-electron chi connectivity index (χ2n) is 6.76.